The van der Waals surface area contributed by atoms with Crippen molar-refractivity contribution in [2.24, 2.45) is 5.92 Å². The summed E-state index contributed by atoms with van der Waals surface area (Å²) in [5.74, 6) is 0.896. The van der Waals surface area contributed by atoms with Crippen molar-refractivity contribution in [2.45, 2.75) is 32.4 Å². The van der Waals surface area contributed by atoms with Crippen LogP contribution in [0.1, 0.15) is 24.0 Å². The molecule has 2 fully saturated rings. The monoisotopic (exact) mass is 230 g/mol. The van der Waals surface area contributed by atoms with Crippen molar-refractivity contribution in [3.8, 4) is 0 Å². The van der Waals surface area contributed by atoms with E-state index in [1.54, 1.807) is 0 Å². The molecule has 0 radical (unpaired) electrons. The Morgan fingerprint density at radius 1 is 1.29 bits per heavy atom. The van der Waals surface area contributed by atoms with Gasteiger partial charge in [0.25, 0.3) is 0 Å². The van der Waals surface area contributed by atoms with E-state index in [-0.39, 0.29) is 0 Å². The summed E-state index contributed by atoms with van der Waals surface area (Å²) >= 11 is 0. The summed E-state index contributed by atoms with van der Waals surface area (Å²) < 4.78 is 0. The van der Waals surface area contributed by atoms with Crippen molar-refractivity contribution >= 4 is 0 Å². The highest BCUT2D eigenvalue weighted by molar-refractivity contribution is 5.25. The SMILES string of the molecule is Cc1ccccc1CN1CCC2NCCC2C1. The molecule has 2 aliphatic heterocycles. The van der Waals surface area contributed by atoms with Crippen LogP contribution >= 0.6 is 0 Å². The third kappa shape index (κ3) is 2.38. The molecule has 0 aliphatic carbocycles. The van der Waals surface area contributed by atoms with Gasteiger partial charge in [-0.25, -0.2) is 0 Å². The Bertz CT molecular complexity index is 388. The maximum Gasteiger partial charge on any atom is 0.0236 e. The first kappa shape index (κ1) is 11.2. The average Bonchev–Trinajstić information content (AvgIpc) is 2.79. The van der Waals surface area contributed by atoms with Crippen molar-refractivity contribution < 1.29 is 0 Å². The maximum absolute atomic E-state index is 3.63. The molecule has 2 saturated heterocycles. The highest BCUT2D eigenvalue weighted by atomic mass is 15.2. The number of aryl methyl sites for hydroxylation is 1. The van der Waals surface area contributed by atoms with Gasteiger partial charge in [0.15, 0.2) is 0 Å². The number of piperidine rings is 1. The highest BCUT2D eigenvalue weighted by Gasteiger charge is 2.32. The van der Waals surface area contributed by atoms with Crippen LogP contribution in [0.4, 0.5) is 0 Å². The minimum absolute atomic E-state index is 0.808. The standard InChI is InChI=1S/C15H22N2/c1-12-4-2-3-5-13(12)10-17-9-7-15-14(11-17)6-8-16-15/h2-5,14-16H,6-11H2,1H3. The lowest BCUT2D eigenvalue weighted by Gasteiger charge is -2.35. The molecule has 0 amide bonds. The van der Waals surface area contributed by atoms with Crippen LogP contribution in [0.3, 0.4) is 0 Å². The Labute approximate surface area is 104 Å². The molecule has 1 aromatic carbocycles. The fourth-order valence-corrected chi connectivity index (χ4v) is 3.29. The zero-order chi connectivity index (χ0) is 11.7. The predicted octanol–water partition coefficient (Wildman–Crippen LogP) is 2.18. The van der Waals surface area contributed by atoms with Crippen molar-refractivity contribution in [1.82, 2.24) is 10.2 Å². The Balaban J connectivity index is 1.64. The molecule has 2 unspecified atom stereocenters. The summed E-state index contributed by atoms with van der Waals surface area (Å²) in [5, 5.41) is 3.63. The van der Waals surface area contributed by atoms with E-state index < -0.39 is 0 Å². The van der Waals surface area contributed by atoms with Gasteiger partial charge in [0.1, 0.15) is 0 Å². The summed E-state index contributed by atoms with van der Waals surface area (Å²) in [4.78, 5) is 2.64. The Kier molecular flexibility index (Phi) is 3.17. The molecular formula is C15H22N2. The van der Waals surface area contributed by atoms with Gasteiger partial charge in [0.2, 0.25) is 0 Å². The normalized spacial score (nSPS) is 29.2. The van der Waals surface area contributed by atoms with Gasteiger partial charge in [-0.2, -0.15) is 0 Å². The summed E-state index contributed by atoms with van der Waals surface area (Å²) in [6, 6.07) is 9.59. The zero-order valence-corrected chi connectivity index (χ0v) is 10.7. The predicted molar refractivity (Wildman–Crippen MR) is 71.0 cm³/mol. The zero-order valence-electron chi connectivity index (χ0n) is 10.7. The van der Waals surface area contributed by atoms with Crippen LogP contribution in [0.5, 0.6) is 0 Å². The first-order chi connectivity index (χ1) is 8.33. The fraction of sp³-hybridized carbons (Fsp3) is 0.600. The molecule has 0 saturated carbocycles. The second-order valence-corrected chi connectivity index (χ2v) is 5.56. The van der Waals surface area contributed by atoms with Gasteiger partial charge in [-0.05, 0) is 49.9 Å². The molecule has 92 valence electrons. The molecule has 3 rings (SSSR count). The fourth-order valence-electron chi connectivity index (χ4n) is 3.29. The lowest BCUT2D eigenvalue weighted by molar-refractivity contribution is 0.155. The van der Waals surface area contributed by atoms with Gasteiger partial charge >= 0.3 is 0 Å². The summed E-state index contributed by atoms with van der Waals surface area (Å²) in [7, 11) is 0. The van der Waals surface area contributed by atoms with E-state index in [1.165, 1.54) is 43.6 Å². The van der Waals surface area contributed by atoms with Crippen LogP contribution in [-0.2, 0) is 6.54 Å². The summed E-state index contributed by atoms with van der Waals surface area (Å²) in [6.45, 7) is 7.12. The Hall–Kier alpha value is -0.860. The van der Waals surface area contributed by atoms with Crippen LogP contribution in [0.2, 0.25) is 0 Å². The lowest BCUT2D eigenvalue weighted by Crippen LogP contribution is -2.43. The summed E-state index contributed by atoms with van der Waals surface area (Å²) in [6.07, 6.45) is 2.70. The number of benzene rings is 1. The molecule has 1 N–H and O–H groups in total. The van der Waals surface area contributed by atoms with E-state index in [2.05, 4.69) is 41.4 Å². The van der Waals surface area contributed by atoms with Crippen molar-refractivity contribution in [1.29, 1.82) is 0 Å². The molecule has 2 heterocycles. The lowest BCUT2D eigenvalue weighted by atomic mass is 9.93. The number of nitrogens with zero attached hydrogens (tertiary/aromatic N) is 1. The highest BCUT2D eigenvalue weighted by Crippen LogP contribution is 2.25. The molecule has 0 bridgehead atoms. The quantitative estimate of drug-likeness (QED) is 0.837. The van der Waals surface area contributed by atoms with E-state index >= 15 is 0 Å². The minimum atomic E-state index is 0.808. The van der Waals surface area contributed by atoms with Gasteiger partial charge in [0, 0.05) is 19.1 Å². The second kappa shape index (κ2) is 4.79. The first-order valence-electron chi connectivity index (χ1n) is 6.83. The van der Waals surface area contributed by atoms with Crippen molar-refractivity contribution in [2.75, 3.05) is 19.6 Å². The molecule has 0 spiro atoms. The van der Waals surface area contributed by atoms with Gasteiger partial charge in [-0.3, -0.25) is 4.90 Å². The van der Waals surface area contributed by atoms with E-state index in [1.807, 2.05) is 0 Å². The van der Waals surface area contributed by atoms with Crippen molar-refractivity contribution in [3.63, 3.8) is 0 Å². The average molecular weight is 230 g/mol. The van der Waals surface area contributed by atoms with Crippen LogP contribution < -0.4 is 5.32 Å². The summed E-state index contributed by atoms with van der Waals surface area (Å²) in [5.41, 5.74) is 2.93. The molecular weight excluding hydrogens is 208 g/mol. The van der Waals surface area contributed by atoms with Crippen molar-refractivity contribution in [3.05, 3.63) is 35.4 Å². The minimum Gasteiger partial charge on any atom is -0.314 e. The van der Waals surface area contributed by atoms with Crippen LogP contribution in [0, 0.1) is 12.8 Å². The number of nitrogens with one attached hydrogen (secondary N) is 1. The van der Waals surface area contributed by atoms with E-state index in [0.717, 1.165) is 18.5 Å². The number of fused-ring (bicyclic) bond motifs is 1. The molecule has 1 aromatic rings. The molecule has 2 aliphatic rings. The van der Waals surface area contributed by atoms with E-state index in [9.17, 15) is 0 Å². The Morgan fingerprint density at radius 2 is 2.18 bits per heavy atom. The smallest absolute Gasteiger partial charge is 0.0236 e. The number of hydrogen-bond donors (Lipinski definition) is 1. The Morgan fingerprint density at radius 3 is 3.06 bits per heavy atom. The van der Waals surface area contributed by atoms with Gasteiger partial charge in [0.05, 0.1) is 0 Å². The molecule has 2 nitrogen and oxygen atoms in total. The first-order valence-corrected chi connectivity index (χ1v) is 6.83. The van der Waals surface area contributed by atoms with Gasteiger partial charge < -0.3 is 5.32 Å². The molecule has 2 heteroatoms. The van der Waals surface area contributed by atoms with Crippen LogP contribution in [0.25, 0.3) is 0 Å². The number of rotatable bonds is 2. The van der Waals surface area contributed by atoms with Gasteiger partial charge in [-0.15, -0.1) is 0 Å². The van der Waals surface area contributed by atoms with Crippen LogP contribution in [-0.4, -0.2) is 30.6 Å². The third-order valence-corrected chi connectivity index (χ3v) is 4.39. The second-order valence-electron chi connectivity index (χ2n) is 5.56. The topological polar surface area (TPSA) is 15.3 Å². The van der Waals surface area contributed by atoms with Crippen LogP contribution in [0.15, 0.2) is 24.3 Å². The third-order valence-electron chi connectivity index (χ3n) is 4.39. The molecule has 2 atom stereocenters. The largest absolute Gasteiger partial charge is 0.314 e. The number of likely N-dealkylation sites (tertiary alicyclic amines) is 1. The molecule has 0 aromatic heterocycles. The van der Waals surface area contributed by atoms with E-state index in [4.69, 9.17) is 0 Å². The molecule has 17 heavy (non-hydrogen) atoms. The van der Waals surface area contributed by atoms with E-state index in [0.29, 0.717) is 0 Å². The number of hydrogen-bond acceptors (Lipinski definition) is 2. The van der Waals surface area contributed by atoms with Gasteiger partial charge in [-0.1, -0.05) is 24.3 Å². The maximum atomic E-state index is 3.63.